The Hall–Kier alpha value is -3.94. The van der Waals surface area contributed by atoms with Crippen LogP contribution >= 0.6 is 0 Å². The maximum absolute atomic E-state index is 13.7. The average molecular weight is 501 g/mol. The van der Waals surface area contributed by atoms with Crippen LogP contribution in [0.25, 0.3) is 16.8 Å². The fourth-order valence-corrected chi connectivity index (χ4v) is 5.48. The second-order valence-electron chi connectivity index (χ2n) is 10.1. The van der Waals surface area contributed by atoms with Crippen molar-refractivity contribution in [2.75, 3.05) is 11.9 Å². The number of nitrogens with zero attached hydrogens (tertiary/aromatic N) is 3. The molecule has 1 N–H and O–H groups in total. The number of rotatable bonds is 7. The van der Waals surface area contributed by atoms with E-state index in [0.29, 0.717) is 18.7 Å². The zero-order chi connectivity index (χ0) is 26.0. The highest BCUT2D eigenvalue weighted by atomic mass is 16.6. The molecule has 8 heteroatoms. The highest BCUT2D eigenvalue weighted by molar-refractivity contribution is 5.98. The van der Waals surface area contributed by atoms with E-state index in [0.717, 1.165) is 29.7 Å². The first kappa shape index (κ1) is 24.7. The van der Waals surface area contributed by atoms with E-state index in [9.17, 15) is 14.4 Å². The molecule has 37 heavy (non-hydrogen) atoms. The summed E-state index contributed by atoms with van der Waals surface area (Å²) in [6.45, 7) is 3.62. The first-order valence-corrected chi connectivity index (χ1v) is 12.9. The van der Waals surface area contributed by atoms with Gasteiger partial charge >= 0.3 is 5.97 Å². The summed E-state index contributed by atoms with van der Waals surface area (Å²) >= 11 is 0. The SMILES string of the molecule is CC(C)N(CC(=O)Nc1nn(-c2ccccc2)cc1-c1ccccc1)C(=O)C1CC(=O)OC12CCCC2. The molecule has 1 aliphatic carbocycles. The number of carbonyl (C=O) groups is 3. The fourth-order valence-electron chi connectivity index (χ4n) is 5.48. The van der Waals surface area contributed by atoms with Gasteiger partial charge in [-0.1, -0.05) is 48.5 Å². The molecule has 1 saturated heterocycles. The summed E-state index contributed by atoms with van der Waals surface area (Å²) in [5, 5.41) is 7.59. The molecule has 1 aliphatic heterocycles. The minimum Gasteiger partial charge on any atom is -0.458 e. The summed E-state index contributed by atoms with van der Waals surface area (Å²) in [5.74, 6) is -0.996. The highest BCUT2D eigenvalue weighted by Gasteiger charge is 2.55. The molecular weight excluding hydrogens is 468 g/mol. The van der Waals surface area contributed by atoms with E-state index < -0.39 is 11.5 Å². The zero-order valence-electron chi connectivity index (χ0n) is 21.2. The van der Waals surface area contributed by atoms with Crippen molar-refractivity contribution in [3.05, 3.63) is 66.9 Å². The Labute approximate surface area is 216 Å². The van der Waals surface area contributed by atoms with Gasteiger partial charge < -0.3 is 15.0 Å². The van der Waals surface area contributed by atoms with Crippen molar-refractivity contribution < 1.29 is 19.1 Å². The first-order chi connectivity index (χ1) is 17.9. The summed E-state index contributed by atoms with van der Waals surface area (Å²) in [4.78, 5) is 40.7. The third-order valence-electron chi connectivity index (χ3n) is 7.37. The number of para-hydroxylation sites is 1. The lowest BCUT2D eigenvalue weighted by atomic mass is 9.84. The Bertz CT molecular complexity index is 1280. The zero-order valence-corrected chi connectivity index (χ0v) is 21.2. The number of ether oxygens (including phenoxy) is 1. The molecule has 1 spiro atoms. The van der Waals surface area contributed by atoms with Crippen LogP contribution in [0.4, 0.5) is 5.82 Å². The molecule has 2 aromatic carbocycles. The smallest absolute Gasteiger partial charge is 0.307 e. The van der Waals surface area contributed by atoms with Gasteiger partial charge in [0.2, 0.25) is 11.8 Å². The third kappa shape index (κ3) is 5.01. The number of anilines is 1. The van der Waals surface area contributed by atoms with Crippen molar-refractivity contribution in [1.29, 1.82) is 0 Å². The van der Waals surface area contributed by atoms with E-state index in [1.165, 1.54) is 0 Å². The summed E-state index contributed by atoms with van der Waals surface area (Å²) < 4.78 is 7.41. The van der Waals surface area contributed by atoms with Gasteiger partial charge in [-0.2, -0.15) is 0 Å². The second-order valence-corrected chi connectivity index (χ2v) is 10.1. The normalized spacial score (nSPS) is 18.2. The number of aromatic nitrogens is 2. The minimum absolute atomic E-state index is 0.0727. The Balaban J connectivity index is 1.38. The van der Waals surface area contributed by atoms with Crippen LogP contribution in [0.2, 0.25) is 0 Å². The topological polar surface area (TPSA) is 93.5 Å². The summed E-state index contributed by atoms with van der Waals surface area (Å²) in [7, 11) is 0. The van der Waals surface area contributed by atoms with Gasteiger partial charge in [-0.3, -0.25) is 14.4 Å². The Morgan fingerprint density at radius 1 is 1.08 bits per heavy atom. The predicted octanol–water partition coefficient (Wildman–Crippen LogP) is 4.59. The number of hydrogen-bond donors (Lipinski definition) is 1. The van der Waals surface area contributed by atoms with Crippen LogP contribution in [0.1, 0.15) is 46.0 Å². The number of benzene rings is 2. The molecule has 0 bridgehead atoms. The Morgan fingerprint density at radius 2 is 1.73 bits per heavy atom. The van der Waals surface area contributed by atoms with Crippen molar-refractivity contribution in [1.82, 2.24) is 14.7 Å². The molecule has 2 amide bonds. The van der Waals surface area contributed by atoms with Crippen LogP contribution in [-0.2, 0) is 19.1 Å². The van der Waals surface area contributed by atoms with E-state index in [4.69, 9.17) is 4.74 Å². The van der Waals surface area contributed by atoms with Crippen LogP contribution in [-0.4, -0.2) is 50.7 Å². The van der Waals surface area contributed by atoms with Gasteiger partial charge in [-0.05, 0) is 57.2 Å². The van der Waals surface area contributed by atoms with E-state index in [2.05, 4.69) is 10.4 Å². The molecular formula is C29H32N4O4. The summed E-state index contributed by atoms with van der Waals surface area (Å²) in [6, 6.07) is 19.2. The van der Waals surface area contributed by atoms with Gasteiger partial charge in [0.25, 0.3) is 0 Å². The molecule has 2 aliphatic rings. The summed E-state index contributed by atoms with van der Waals surface area (Å²) in [5.41, 5.74) is 1.85. The number of amides is 2. The maximum Gasteiger partial charge on any atom is 0.307 e. The number of carbonyl (C=O) groups excluding carboxylic acids is 3. The Morgan fingerprint density at radius 3 is 2.38 bits per heavy atom. The number of esters is 1. The lowest BCUT2D eigenvalue weighted by Crippen LogP contribution is -2.49. The number of hydrogen-bond acceptors (Lipinski definition) is 5. The Kier molecular flexibility index (Phi) is 6.82. The third-order valence-corrected chi connectivity index (χ3v) is 7.37. The molecule has 1 aromatic heterocycles. The maximum atomic E-state index is 13.7. The van der Waals surface area contributed by atoms with Crippen LogP contribution in [0.15, 0.2) is 66.9 Å². The largest absolute Gasteiger partial charge is 0.458 e. The molecule has 2 fully saturated rings. The lowest BCUT2D eigenvalue weighted by Gasteiger charge is -2.34. The molecule has 192 valence electrons. The van der Waals surface area contributed by atoms with Gasteiger partial charge in [0.05, 0.1) is 18.0 Å². The van der Waals surface area contributed by atoms with Gasteiger partial charge in [0, 0.05) is 17.8 Å². The van der Waals surface area contributed by atoms with Crippen molar-refractivity contribution in [2.45, 2.75) is 57.6 Å². The van der Waals surface area contributed by atoms with Crippen LogP contribution in [0.3, 0.4) is 0 Å². The fraction of sp³-hybridized carbons (Fsp3) is 0.379. The molecule has 2 heterocycles. The second kappa shape index (κ2) is 10.2. The van der Waals surface area contributed by atoms with Crippen molar-refractivity contribution >= 4 is 23.6 Å². The van der Waals surface area contributed by atoms with Gasteiger partial charge in [0.1, 0.15) is 12.1 Å². The quantitative estimate of drug-likeness (QED) is 0.479. The van der Waals surface area contributed by atoms with E-state index in [-0.39, 0.29) is 36.8 Å². The van der Waals surface area contributed by atoms with Crippen LogP contribution in [0, 0.1) is 5.92 Å². The van der Waals surface area contributed by atoms with E-state index >= 15 is 0 Å². The molecule has 1 unspecified atom stereocenters. The monoisotopic (exact) mass is 500 g/mol. The van der Waals surface area contributed by atoms with Crippen molar-refractivity contribution in [3.63, 3.8) is 0 Å². The molecule has 5 rings (SSSR count). The molecule has 3 aromatic rings. The molecule has 1 saturated carbocycles. The molecule has 1 atom stereocenters. The number of nitrogens with one attached hydrogen (secondary N) is 1. The minimum atomic E-state index is -0.716. The van der Waals surface area contributed by atoms with Crippen molar-refractivity contribution in [2.24, 2.45) is 5.92 Å². The molecule has 0 radical (unpaired) electrons. The lowest BCUT2D eigenvalue weighted by molar-refractivity contribution is -0.152. The highest BCUT2D eigenvalue weighted by Crippen LogP contribution is 2.46. The molecule has 8 nitrogen and oxygen atoms in total. The van der Waals surface area contributed by atoms with Crippen LogP contribution < -0.4 is 5.32 Å². The van der Waals surface area contributed by atoms with Gasteiger partial charge in [0.15, 0.2) is 5.82 Å². The van der Waals surface area contributed by atoms with Gasteiger partial charge in [-0.25, -0.2) is 4.68 Å². The van der Waals surface area contributed by atoms with E-state index in [1.807, 2.05) is 80.7 Å². The van der Waals surface area contributed by atoms with Crippen LogP contribution in [0.5, 0.6) is 0 Å². The average Bonchev–Trinajstić information content (AvgIpc) is 3.62. The predicted molar refractivity (Wildman–Crippen MR) is 140 cm³/mol. The summed E-state index contributed by atoms with van der Waals surface area (Å²) in [6.07, 6.45) is 5.23. The standard InChI is InChI=1S/C29H32N4O4/c1-20(2)32(28(36)24-17-26(35)37-29(24)15-9-10-16-29)19-25(34)30-27-23(21-11-5-3-6-12-21)18-33(31-27)22-13-7-4-8-14-22/h3-8,11-14,18,20,24H,9-10,15-17,19H2,1-2H3,(H,30,31,34). The van der Waals surface area contributed by atoms with Crippen molar-refractivity contribution in [3.8, 4) is 16.8 Å². The first-order valence-electron chi connectivity index (χ1n) is 12.9. The van der Waals surface area contributed by atoms with E-state index in [1.54, 1.807) is 9.58 Å². The van der Waals surface area contributed by atoms with Gasteiger partial charge in [-0.15, -0.1) is 5.10 Å².